The quantitative estimate of drug-likeness (QED) is 0.744. The zero-order chi connectivity index (χ0) is 16.0. The molecule has 0 bridgehead atoms. The smallest absolute Gasteiger partial charge is 0.407 e. The van der Waals surface area contributed by atoms with Crippen LogP contribution in [0, 0.1) is 13.8 Å². The minimum Gasteiger partial charge on any atom is -0.444 e. The monoisotopic (exact) mass is 314 g/mol. The second-order valence-corrected chi connectivity index (χ2v) is 6.67. The first-order chi connectivity index (χ1) is 9.67. The SMILES string of the molecule is Cc1nc(NC(=O)NCCNC(=O)OC(C)(C)C)sc1C. The number of nitrogens with zero attached hydrogens (tertiary/aromatic N) is 1. The molecule has 1 aromatic heterocycles. The van der Waals surface area contributed by atoms with Crippen LogP contribution in [0.5, 0.6) is 0 Å². The summed E-state index contributed by atoms with van der Waals surface area (Å²) < 4.78 is 5.07. The summed E-state index contributed by atoms with van der Waals surface area (Å²) in [7, 11) is 0. The average Bonchev–Trinajstić information content (AvgIpc) is 2.61. The van der Waals surface area contributed by atoms with Gasteiger partial charge in [0.15, 0.2) is 5.13 Å². The number of hydrogen-bond donors (Lipinski definition) is 3. The van der Waals surface area contributed by atoms with E-state index in [1.807, 2.05) is 13.8 Å². The number of urea groups is 1. The largest absolute Gasteiger partial charge is 0.444 e. The van der Waals surface area contributed by atoms with E-state index < -0.39 is 11.7 Å². The fourth-order valence-corrected chi connectivity index (χ4v) is 2.13. The Labute approximate surface area is 128 Å². The fourth-order valence-electron chi connectivity index (χ4n) is 1.32. The second kappa shape index (κ2) is 7.26. The van der Waals surface area contributed by atoms with Crippen LogP contribution in [0.25, 0.3) is 0 Å². The molecule has 118 valence electrons. The topological polar surface area (TPSA) is 92.4 Å². The maximum atomic E-state index is 11.6. The van der Waals surface area contributed by atoms with Crippen LogP contribution in [0.1, 0.15) is 31.3 Å². The number of hydrogen-bond acceptors (Lipinski definition) is 5. The van der Waals surface area contributed by atoms with Gasteiger partial charge >= 0.3 is 12.1 Å². The molecule has 0 aliphatic rings. The summed E-state index contributed by atoms with van der Waals surface area (Å²) in [6.45, 7) is 9.79. The minimum absolute atomic E-state index is 0.290. The Morgan fingerprint density at radius 2 is 1.81 bits per heavy atom. The number of carbonyl (C=O) groups is 2. The molecule has 1 rings (SSSR count). The van der Waals surface area contributed by atoms with Gasteiger partial charge in [0.2, 0.25) is 0 Å². The molecule has 0 aromatic carbocycles. The van der Waals surface area contributed by atoms with Crippen molar-refractivity contribution in [2.24, 2.45) is 0 Å². The van der Waals surface area contributed by atoms with E-state index in [0.29, 0.717) is 11.7 Å². The average molecular weight is 314 g/mol. The molecule has 0 atom stereocenters. The Morgan fingerprint density at radius 3 is 2.33 bits per heavy atom. The van der Waals surface area contributed by atoms with Crippen molar-refractivity contribution in [3.8, 4) is 0 Å². The van der Waals surface area contributed by atoms with Crippen LogP contribution in [0.3, 0.4) is 0 Å². The van der Waals surface area contributed by atoms with Gasteiger partial charge in [-0.25, -0.2) is 14.6 Å². The van der Waals surface area contributed by atoms with Gasteiger partial charge in [0.25, 0.3) is 0 Å². The fraction of sp³-hybridized carbons (Fsp3) is 0.615. The zero-order valence-electron chi connectivity index (χ0n) is 13.0. The molecule has 0 aliphatic heterocycles. The number of amides is 3. The third kappa shape index (κ3) is 6.94. The molecule has 0 saturated heterocycles. The number of thiazole rings is 1. The third-order valence-electron chi connectivity index (χ3n) is 2.33. The summed E-state index contributed by atoms with van der Waals surface area (Å²) in [5.74, 6) is 0. The number of aromatic nitrogens is 1. The highest BCUT2D eigenvalue weighted by molar-refractivity contribution is 7.15. The van der Waals surface area contributed by atoms with Crippen molar-refractivity contribution >= 4 is 28.6 Å². The van der Waals surface area contributed by atoms with Crippen molar-refractivity contribution in [1.29, 1.82) is 0 Å². The Bertz CT molecular complexity index is 489. The summed E-state index contributed by atoms with van der Waals surface area (Å²) in [5.41, 5.74) is 0.372. The third-order valence-corrected chi connectivity index (χ3v) is 3.32. The van der Waals surface area contributed by atoms with Gasteiger partial charge in [0.05, 0.1) is 5.69 Å². The first kappa shape index (κ1) is 17.2. The van der Waals surface area contributed by atoms with E-state index in [1.165, 1.54) is 11.3 Å². The molecule has 0 spiro atoms. The molecule has 1 aromatic rings. The highest BCUT2D eigenvalue weighted by Crippen LogP contribution is 2.20. The number of alkyl carbamates (subject to hydrolysis) is 1. The van der Waals surface area contributed by atoms with Crippen molar-refractivity contribution in [3.63, 3.8) is 0 Å². The molecule has 21 heavy (non-hydrogen) atoms. The predicted octanol–water partition coefficient (Wildman–Crippen LogP) is 2.41. The second-order valence-electron chi connectivity index (χ2n) is 5.47. The summed E-state index contributed by atoms with van der Waals surface area (Å²) in [4.78, 5) is 28.2. The molecule has 0 aliphatic carbocycles. The Morgan fingerprint density at radius 1 is 1.19 bits per heavy atom. The Kier molecular flexibility index (Phi) is 5.95. The van der Waals surface area contributed by atoms with Crippen LogP contribution in [-0.2, 0) is 4.74 Å². The van der Waals surface area contributed by atoms with E-state index in [0.717, 1.165) is 10.6 Å². The Balaban J connectivity index is 2.21. The van der Waals surface area contributed by atoms with Crippen LogP contribution < -0.4 is 16.0 Å². The van der Waals surface area contributed by atoms with E-state index >= 15 is 0 Å². The van der Waals surface area contributed by atoms with Gasteiger partial charge in [0, 0.05) is 18.0 Å². The van der Waals surface area contributed by atoms with Crippen molar-refractivity contribution in [3.05, 3.63) is 10.6 Å². The maximum absolute atomic E-state index is 11.6. The molecule has 3 amide bonds. The van der Waals surface area contributed by atoms with Crippen molar-refractivity contribution < 1.29 is 14.3 Å². The van der Waals surface area contributed by atoms with E-state index in [-0.39, 0.29) is 12.6 Å². The first-order valence-corrected chi connectivity index (χ1v) is 7.45. The van der Waals surface area contributed by atoms with Gasteiger partial charge in [-0.15, -0.1) is 11.3 Å². The van der Waals surface area contributed by atoms with Gasteiger partial charge in [-0.3, -0.25) is 5.32 Å². The number of anilines is 1. The molecular weight excluding hydrogens is 292 g/mol. The highest BCUT2D eigenvalue weighted by Gasteiger charge is 2.15. The van der Waals surface area contributed by atoms with Gasteiger partial charge < -0.3 is 15.4 Å². The molecule has 0 radical (unpaired) electrons. The lowest BCUT2D eigenvalue weighted by atomic mass is 10.2. The van der Waals surface area contributed by atoms with Gasteiger partial charge in [0.1, 0.15) is 5.60 Å². The van der Waals surface area contributed by atoms with Crippen molar-refractivity contribution in [2.45, 2.75) is 40.2 Å². The normalized spacial score (nSPS) is 10.9. The van der Waals surface area contributed by atoms with Crippen LogP contribution >= 0.6 is 11.3 Å². The summed E-state index contributed by atoms with van der Waals surface area (Å²) >= 11 is 1.42. The molecule has 8 heteroatoms. The molecule has 3 N–H and O–H groups in total. The number of carbonyl (C=O) groups excluding carboxylic acids is 2. The summed E-state index contributed by atoms with van der Waals surface area (Å²) in [6, 6.07) is -0.352. The summed E-state index contributed by atoms with van der Waals surface area (Å²) in [6.07, 6.45) is -0.504. The van der Waals surface area contributed by atoms with Gasteiger partial charge in [-0.1, -0.05) is 0 Å². The number of ether oxygens (including phenoxy) is 1. The van der Waals surface area contributed by atoms with E-state index in [4.69, 9.17) is 4.74 Å². The lowest BCUT2D eigenvalue weighted by Gasteiger charge is -2.19. The van der Waals surface area contributed by atoms with Gasteiger partial charge in [-0.2, -0.15) is 0 Å². The van der Waals surface area contributed by atoms with Crippen molar-refractivity contribution in [1.82, 2.24) is 15.6 Å². The summed E-state index contributed by atoms with van der Waals surface area (Å²) in [5, 5.41) is 8.38. The van der Waals surface area contributed by atoms with Crippen LogP contribution in [0.4, 0.5) is 14.7 Å². The molecule has 7 nitrogen and oxygen atoms in total. The van der Waals surface area contributed by atoms with Gasteiger partial charge in [-0.05, 0) is 34.6 Å². The number of rotatable bonds is 4. The lowest BCUT2D eigenvalue weighted by molar-refractivity contribution is 0.0528. The van der Waals surface area contributed by atoms with Crippen LogP contribution in [0.2, 0.25) is 0 Å². The minimum atomic E-state index is -0.532. The molecule has 0 saturated carbocycles. The van der Waals surface area contributed by atoms with E-state index in [2.05, 4.69) is 20.9 Å². The predicted molar refractivity (Wildman–Crippen MR) is 82.8 cm³/mol. The van der Waals surface area contributed by atoms with Crippen LogP contribution in [-0.4, -0.2) is 35.8 Å². The number of aryl methyl sites for hydroxylation is 2. The highest BCUT2D eigenvalue weighted by atomic mass is 32.1. The standard InChI is InChI=1S/C13H22N4O3S/c1-8-9(2)21-11(16-8)17-10(18)14-6-7-15-12(19)20-13(3,4)5/h6-7H2,1-5H3,(H,15,19)(H2,14,16,17,18). The number of nitrogens with one attached hydrogen (secondary N) is 3. The van der Waals surface area contributed by atoms with E-state index in [9.17, 15) is 9.59 Å². The molecule has 0 fully saturated rings. The first-order valence-electron chi connectivity index (χ1n) is 6.63. The molecular formula is C13H22N4O3S. The Hall–Kier alpha value is -1.83. The zero-order valence-corrected chi connectivity index (χ0v) is 13.8. The lowest BCUT2D eigenvalue weighted by Crippen LogP contribution is -2.39. The van der Waals surface area contributed by atoms with Crippen LogP contribution in [0.15, 0.2) is 0 Å². The molecule has 0 unspecified atom stereocenters. The maximum Gasteiger partial charge on any atom is 0.407 e. The van der Waals surface area contributed by atoms with Crippen molar-refractivity contribution in [2.75, 3.05) is 18.4 Å². The van der Waals surface area contributed by atoms with E-state index in [1.54, 1.807) is 20.8 Å². The molecule has 1 heterocycles.